The third kappa shape index (κ3) is 4.02. The second-order valence-electron chi connectivity index (χ2n) is 13.0. The lowest BCUT2D eigenvalue weighted by atomic mass is 9.89. The van der Waals surface area contributed by atoms with Crippen LogP contribution < -0.4 is 0 Å². The molecule has 0 unspecified atom stereocenters. The van der Waals surface area contributed by atoms with E-state index >= 15 is 0 Å². The van der Waals surface area contributed by atoms with Crippen molar-refractivity contribution in [2.24, 2.45) is 0 Å². The molecule has 3 aromatic heterocycles. The van der Waals surface area contributed by atoms with Gasteiger partial charge in [-0.2, -0.15) is 0 Å². The number of hydrogen-bond donors (Lipinski definition) is 0. The van der Waals surface area contributed by atoms with Crippen LogP contribution in [-0.4, -0.2) is 4.98 Å². The highest BCUT2D eigenvalue weighted by Gasteiger charge is 2.20. The summed E-state index contributed by atoms with van der Waals surface area (Å²) in [6, 6.07) is 59.9. The largest absolute Gasteiger partial charge is 0.246 e. The summed E-state index contributed by atoms with van der Waals surface area (Å²) >= 11 is 3.76. The van der Waals surface area contributed by atoms with Crippen molar-refractivity contribution in [3.05, 3.63) is 164 Å². The van der Waals surface area contributed by atoms with Crippen molar-refractivity contribution in [2.45, 2.75) is 0 Å². The van der Waals surface area contributed by atoms with Crippen LogP contribution >= 0.6 is 22.7 Å². The lowest BCUT2D eigenvalue weighted by Crippen LogP contribution is -1.93. The number of hydrogen-bond acceptors (Lipinski definition) is 3. The number of aromatic nitrogens is 1. The number of nitrogens with zero attached hydrogens (tertiary/aromatic N) is 1. The second-order valence-corrected chi connectivity index (χ2v) is 15.1. The molecule has 0 N–H and O–H groups in total. The Hall–Kier alpha value is -5.87. The van der Waals surface area contributed by atoms with Crippen LogP contribution in [0.4, 0.5) is 0 Å². The molecule has 0 amide bonds. The molecule has 11 rings (SSSR count). The summed E-state index contributed by atoms with van der Waals surface area (Å²) in [5.41, 5.74) is 8.08. The van der Waals surface area contributed by atoms with Crippen molar-refractivity contribution < 1.29 is 0 Å². The molecular formula is C47H27NS2. The minimum absolute atomic E-state index is 1.02. The molecule has 0 fully saturated rings. The Morgan fingerprint density at radius 3 is 1.70 bits per heavy atom. The Balaban J connectivity index is 1.23. The van der Waals surface area contributed by atoms with Gasteiger partial charge >= 0.3 is 0 Å². The van der Waals surface area contributed by atoms with Gasteiger partial charge in [-0.25, -0.2) is 4.98 Å². The normalized spacial score (nSPS) is 12.0. The lowest BCUT2D eigenvalue weighted by Gasteiger charge is -2.17. The average molecular weight is 670 g/mol. The smallest absolute Gasteiger partial charge is 0.0794 e. The Labute approximate surface area is 296 Å². The van der Waals surface area contributed by atoms with E-state index in [9.17, 15) is 0 Å². The van der Waals surface area contributed by atoms with E-state index in [1.807, 2.05) is 22.7 Å². The van der Waals surface area contributed by atoms with Crippen LogP contribution in [0.25, 0.3) is 106 Å². The fraction of sp³-hybridized carbons (Fsp3) is 0. The van der Waals surface area contributed by atoms with Gasteiger partial charge in [-0.15, -0.1) is 22.7 Å². The first-order chi connectivity index (χ1) is 24.8. The molecule has 8 aromatic carbocycles. The minimum atomic E-state index is 1.02. The molecule has 1 nitrogen and oxygen atoms in total. The first kappa shape index (κ1) is 28.0. The fourth-order valence-electron chi connectivity index (χ4n) is 8.09. The Morgan fingerprint density at radius 1 is 0.320 bits per heavy atom. The van der Waals surface area contributed by atoms with Crippen molar-refractivity contribution in [2.75, 3.05) is 0 Å². The molecule has 0 spiro atoms. The number of benzene rings is 8. The van der Waals surface area contributed by atoms with Gasteiger partial charge in [0.1, 0.15) is 0 Å². The third-order valence-corrected chi connectivity index (χ3v) is 12.6. The van der Waals surface area contributed by atoms with Crippen molar-refractivity contribution >= 4 is 95.5 Å². The molecule has 0 bridgehead atoms. The zero-order valence-corrected chi connectivity index (χ0v) is 28.5. The zero-order valence-electron chi connectivity index (χ0n) is 26.9. The van der Waals surface area contributed by atoms with E-state index in [0.29, 0.717) is 0 Å². The van der Waals surface area contributed by atoms with Gasteiger partial charge in [0.2, 0.25) is 0 Å². The average Bonchev–Trinajstić information content (AvgIpc) is 3.76. The van der Waals surface area contributed by atoms with Gasteiger partial charge in [0.15, 0.2) is 0 Å². The number of thiophene rings is 2. The summed E-state index contributed by atoms with van der Waals surface area (Å²) in [6.45, 7) is 0. The van der Waals surface area contributed by atoms with Crippen molar-refractivity contribution in [1.29, 1.82) is 0 Å². The van der Waals surface area contributed by atoms with Crippen LogP contribution in [0.15, 0.2) is 164 Å². The van der Waals surface area contributed by atoms with E-state index in [2.05, 4.69) is 164 Å². The molecule has 3 heteroatoms. The number of para-hydroxylation sites is 1. The summed E-state index contributed by atoms with van der Waals surface area (Å²) in [4.78, 5) is 5.58. The van der Waals surface area contributed by atoms with Crippen molar-refractivity contribution in [3.63, 3.8) is 0 Å². The Bertz CT molecular complexity index is 3150. The predicted octanol–water partition coefficient (Wildman–Crippen LogP) is 14.3. The molecular weight excluding hydrogens is 643 g/mol. The maximum absolute atomic E-state index is 5.58. The van der Waals surface area contributed by atoms with Gasteiger partial charge in [0, 0.05) is 73.2 Å². The molecule has 0 atom stereocenters. The van der Waals surface area contributed by atoms with Gasteiger partial charge in [0.05, 0.1) is 11.2 Å². The molecule has 0 aliphatic heterocycles. The highest BCUT2D eigenvalue weighted by atomic mass is 32.1. The highest BCUT2D eigenvalue weighted by molar-refractivity contribution is 7.26. The molecule has 0 saturated heterocycles. The van der Waals surface area contributed by atoms with Crippen LogP contribution in [0.2, 0.25) is 0 Å². The zero-order chi connectivity index (χ0) is 32.8. The monoisotopic (exact) mass is 669 g/mol. The molecule has 11 aromatic rings. The van der Waals surface area contributed by atoms with E-state index < -0.39 is 0 Å². The summed E-state index contributed by atoms with van der Waals surface area (Å²) in [6.07, 6.45) is 0. The number of fused-ring (bicyclic) bond motifs is 11. The predicted molar refractivity (Wildman–Crippen MR) is 219 cm³/mol. The summed E-state index contributed by atoms with van der Waals surface area (Å²) < 4.78 is 5.28. The van der Waals surface area contributed by atoms with Crippen molar-refractivity contribution in [3.8, 4) is 33.5 Å². The first-order valence-electron chi connectivity index (χ1n) is 17.0. The standard InChI is InChI=1S/C47H27NS2/c1-2-12-28(13-3-1)45-39-26-27-42-44(37-17-7-9-23-41(37)49-42)43(39)38-21-10-18-34(46(38)48-45)31-24-25-32(30-15-5-4-14-29(30)31)35-19-11-20-36-33-16-6-8-22-40(33)50-47(35)36/h1-27H. The molecule has 0 saturated carbocycles. The van der Waals surface area contributed by atoms with E-state index in [1.54, 1.807) is 0 Å². The van der Waals surface area contributed by atoms with Gasteiger partial charge < -0.3 is 0 Å². The van der Waals surface area contributed by atoms with Gasteiger partial charge in [-0.05, 0) is 40.1 Å². The molecule has 0 aliphatic rings. The van der Waals surface area contributed by atoms with E-state index in [0.717, 1.165) is 22.3 Å². The Morgan fingerprint density at radius 2 is 0.920 bits per heavy atom. The SMILES string of the molecule is c1ccc(-c2nc3c(-c4ccc(-c5cccc6c5sc5ccccc56)c5ccccc45)cccc3c3c2ccc2sc4ccccc4c23)cc1. The molecule has 0 radical (unpaired) electrons. The second kappa shape index (κ2) is 10.8. The quantitative estimate of drug-likeness (QED) is 0.171. The first-order valence-corrected chi connectivity index (χ1v) is 18.6. The minimum Gasteiger partial charge on any atom is -0.246 e. The van der Waals surface area contributed by atoms with Crippen molar-refractivity contribution in [1.82, 2.24) is 4.98 Å². The maximum Gasteiger partial charge on any atom is 0.0794 e. The third-order valence-electron chi connectivity index (χ3n) is 10.3. The summed E-state index contributed by atoms with van der Waals surface area (Å²) in [5.74, 6) is 0. The van der Waals surface area contributed by atoms with E-state index in [4.69, 9.17) is 4.98 Å². The summed E-state index contributed by atoms with van der Waals surface area (Å²) in [5, 5.41) is 11.4. The lowest BCUT2D eigenvalue weighted by molar-refractivity contribution is 1.43. The number of pyridine rings is 1. The topological polar surface area (TPSA) is 12.9 Å². The van der Waals surface area contributed by atoms with E-state index in [-0.39, 0.29) is 0 Å². The summed E-state index contributed by atoms with van der Waals surface area (Å²) in [7, 11) is 0. The van der Waals surface area contributed by atoms with Gasteiger partial charge in [0.25, 0.3) is 0 Å². The highest BCUT2D eigenvalue weighted by Crippen LogP contribution is 2.47. The molecule has 0 aliphatic carbocycles. The molecule has 3 heterocycles. The molecule has 50 heavy (non-hydrogen) atoms. The van der Waals surface area contributed by atoms with Gasteiger partial charge in [-0.1, -0.05) is 146 Å². The molecule has 232 valence electrons. The maximum atomic E-state index is 5.58. The van der Waals surface area contributed by atoms with Crippen LogP contribution in [0.1, 0.15) is 0 Å². The van der Waals surface area contributed by atoms with Crippen LogP contribution in [0.5, 0.6) is 0 Å². The van der Waals surface area contributed by atoms with Crippen LogP contribution in [0.3, 0.4) is 0 Å². The van der Waals surface area contributed by atoms with Gasteiger partial charge in [-0.3, -0.25) is 0 Å². The van der Waals surface area contributed by atoms with Crippen LogP contribution in [-0.2, 0) is 0 Å². The van der Waals surface area contributed by atoms with E-state index in [1.165, 1.54) is 84.0 Å². The fourth-order valence-corrected chi connectivity index (χ4v) is 10.4. The number of rotatable bonds is 3. The Kier molecular flexibility index (Phi) is 6.06. The van der Waals surface area contributed by atoms with Crippen LogP contribution in [0, 0.1) is 0 Å².